The van der Waals surface area contributed by atoms with Gasteiger partial charge in [-0.15, -0.1) is 0 Å². The zero-order chi connectivity index (χ0) is 16.4. The van der Waals surface area contributed by atoms with Crippen LogP contribution in [0.2, 0.25) is 0 Å². The molecule has 1 aliphatic rings. The number of ether oxygens (including phenoxy) is 3. The van der Waals surface area contributed by atoms with Crippen molar-refractivity contribution in [1.29, 1.82) is 0 Å². The van der Waals surface area contributed by atoms with E-state index in [1.54, 1.807) is 18.2 Å². The molecule has 0 amide bonds. The second-order valence-electron chi connectivity index (χ2n) is 5.19. The predicted octanol–water partition coefficient (Wildman–Crippen LogP) is 2.52. The van der Waals surface area contributed by atoms with E-state index in [-0.39, 0.29) is 24.7 Å². The smallest absolute Gasteiger partial charge is 0.306 e. The lowest BCUT2D eigenvalue weighted by Gasteiger charge is -2.18. The summed E-state index contributed by atoms with van der Waals surface area (Å²) in [5, 5.41) is 19.8. The highest BCUT2D eigenvalue weighted by Crippen LogP contribution is 2.43. The van der Waals surface area contributed by atoms with E-state index in [2.05, 4.69) is 0 Å². The average Bonchev–Trinajstić information content (AvgIpc) is 3.00. The normalized spacial score (nSPS) is 13.6. The summed E-state index contributed by atoms with van der Waals surface area (Å²) in [7, 11) is 1.32. The van der Waals surface area contributed by atoms with Crippen molar-refractivity contribution in [1.82, 2.24) is 0 Å². The van der Waals surface area contributed by atoms with Gasteiger partial charge in [0.15, 0.2) is 11.5 Å². The molecule has 0 saturated carbocycles. The molecule has 6 heteroatoms. The number of carbonyl (C=O) groups excluding carboxylic acids is 1. The molecule has 120 valence electrons. The fraction of sp³-hybridized carbons (Fsp3) is 0.235. The largest absolute Gasteiger partial charge is 0.508 e. The minimum absolute atomic E-state index is 0.0104. The molecule has 0 aliphatic carbocycles. The predicted molar refractivity (Wildman–Crippen MR) is 80.8 cm³/mol. The summed E-state index contributed by atoms with van der Waals surface area (Å²) in [5.41, 5.74) is 1.30. The Morgan fingerprint density at radius 3 is 2.48 bits per heavy atom. The summed E-state index contributed by atoms with van der Waals surface area (Å²) < 4.78 is 15.3. The van der Waals surface area contributed by atoms with Gasteiger partial charge in [0.25, 0.3) is 0 Å². The molecular weight excluding hydrogens is 300 g/mol. The van der Waals surface area contributed by atoms with Crippen LogP contribution in [0.15, 0.2) is 36.4 Å². The molecule has 0 fully saturated rings. The SMILES string of the molecule is COC(=O)CC(c1ccc(O)cc1)c1cc2c(cc1O)OCO2. The third-order valence-corrected chi connectivity index (χ3v) is 3.79. The highest BCUT2D eigenvalue weighted by Gasteiger charge is 2.25. The summed E-state index contributed by atoms with van der Waals surface area (Å²) in [6.07, 6.45) is 0.0501. The minimum Gasteiger partial charge on any atom is -0.508 e. The number of benzene rings is 2. The van der Waals surface area contributed by atoms with E-state index in [1.165, 1.54) is 25.3 Å². The second-order valence-corrected chi connectivity index (χ2v) is 5.19. The van der Waals surface area contributed by atoms with Gasteiger partial charge in [-0.25, -0.2) is 0 Å². The number of methoxy groups -OCH3 is 1. The van der Waals surface area contributed by atoms with Gasteiger partial charge in [0.1, 0.15) is 11.5 Å². The van der Waals surface area contributed by atoms with Crippen LogP contribution in [0.4, 0.5) is 0 Å². The maximum absolute atomic E-state index is 11.8. The van der Waals surface area contributed by atoms with E-state index in [9.17, 15) is 15.0 Å². The number of hydrogen-bond donors (Lipinski definition) is 2. The van der Waals surface area contributed by atoms with Crippen molar-refractivity contribution in [3.05, 3.63) is 47.5 Å². The maximum Gasteiger partial charge on any atom is 0.306 e. The number of phenolic OH excluding ortho intramolecular Hbond substituents is 2. The number of carbonyl (C=O) groups is 1. The minimum atomic E-state index is -0.433. The van der Waals surface area contributed by atoms with Crippen molar-refractivity contribution in [2.24, 2.45) is 0 Å². The van der Waals surface area contributed by atoms with E-state index in [1.807, 2.05) is 0 Å². The van der Waals surface area contributed by atoms with Crippen molar-refractivity contribution >= 4 is 5.97 Å². The van der Waals surface area contributed by atoms with Crippen LogP contribution in [0.1, 0.15) is 23.5 Å². The molecule has 1 heterocycles. The number of fused-ring (bicyclic) bond motifs is 1. The van der Waals surface area contributed by atoms with E-state index in [0.717, 1.165) is 5.56 Å². The van der Waals surface area contributed by atoms with Crippen LogP contribution in [-0.2, 0) is 9.53 Å². The van der Waals surface area contributed by atoms with E-state index in [4.69, 9.17) is 14.2 Å². The lowest BCUT2D eigenvalue weighted by Crippen LogP contribution is -2.10. The zero-order valence-corrected chi connectivity index (χ0v) is 12.5. The topological polar surface area (TPSA) is 85.2 Å². The van der Waals surface area contributed by atoms with Gasteiger partial charge < -0.3 is 24.4 Å². The summed E-state index contributed by atoms with van der Waals surface area (Å²) in [6, 6.07) is 9.60. The first-order chi connectivity index (χ1) is 11.1. The van der Waals surface area contributed by atoms with Gasteiger partial charge in [0.2, 0.25) is 6.79 Å². The number of rotatable bonds is 4. The Kier molecular flexibility index (Phi) is 3.97. The number of esters is 1. The molecule has 0 spiro atoms. The Balaban J connectivity index is 2.04. The molecule has 1 unspecified atom stereocenters. The van der Waals surface area contributed by atoms with Crippen LogP contribution < -0.4 is 9.47 Å². The molecule has 2 aromatic carbocycles. The molecule has 6 nitrogen and oxygen atoms in total. The molecular formula is C17H16O6. The highest BCUT2D eigenvalue weighted by molar-refractivity contribution is 5.72. The Hall–Kier alpha value is -2.89. The summed E-state index contributed by atoms with van der Waals surface area (Å²) in [5.74, 6) is 0.287. The Morgan fingerprint density at radius 1 is 1.17 bits per heavy atom. The van der Waals surface area contributed by atoms with Crippen molar-refractivity contribution in [2.75, 3.05) is 13.9 Å². The lowest BCUT2D eigenvalue weighted by atomic mass is 9.87. The molecule has 0 aromatic heterocycles. The first-order valence-electron chi connectivity index (χ1n) is 7.06. The van der Waals surface area contributed by atoms with Crippen LogP contribution in [0, 0.1) is 0 Å². The molecule has 0 bridgehead atoms. The third kappa shape index (κ3) is 3.01. The van der Waals surface area contributed by atoms with Crippen molar-refractivity contribution in [3.8, 4) is 23.0 Å². The fourth-order valence-electron chi connectivity index (χ4n) is 2.59. The van der Waals surface area contributed by atoms with E-state index < -0.39 is 11.9 Å². The molecule has 1 atom stereocenters. The highest BCUT2D eigenvalue weighted by atomic mass is 16.7. The van der Waals surface area contributed by atoms with Gasteiger partial charge in [-0.1, -0.05) is 12.1 Å². The molecule has 2 N–H and O–H groups in total. The van der Waals surface area contributed by atoms with Crippen molar-refractivity contribution < 1.29 is 29.2 Å². The Morgan fingerprint density at radius 2 is 1.83 bits per heavy atom. The summed E-state index contributed by atoms with van der Waals surface area (Å²) in [6.45, 7) is 0.0963. The van der Waals surface area contributed by atoms with E-state index >= 15 is 0 Å². The summed E-state index contributed by atoms with van der Waals surface area (Å²) >= 11 is 0. The first kappa shape index (κ1) is 15.0. The van der Waals surface area contributed by atoms with Crippen molar-refractivity contribution in [2.45, 2.75) is 12.3 Å². The maximum atomic E-state index is 11.8. The second kappa shape index (κ2) is 6.08. The lowest BCUT2D eigenvalue weighted by molar-refractivity contribution is -0.140. The number of aromatic hydroxyl groups is 2. The van der Waals surface area contributed by atoms with Gasteiger partial charge in [-0.3, -0.25) is 4.79 Å². The monoisotopic (exact) mass is 316 g/mol. The number of hydrogen-bond acceptors (Lipinski definition) is 6. The molecule has 2 aromatic rings. The molecule has 23 heavy (non-hydrogen) atoms. The first-order valence-corrected chi connectivity index (χ1v) is 7.06. The van der Waals surface area contributed by atoms with Crippen LogP contribution in [-0.4, -0.2) is 30.1 Å². The van der Waals surface area contributed by atoms with Crippen LogP contribution >= 0.6 is 0 Å². The van der Waals surface area contributed by atoms with Crippen LogP contribution in [0.25, 0.3) is 0 Å². The fourth-order valence-corrected chi connectivity index (χ4v) is 2.59. The molecule has 3 rings (SSSR count). The van der Waals surface area contributed by atoms with Crippen molar-refractivity contribution in [3.63, 3.8) is 0 Å². The zero-order valence-electron chi connectivity index (χ0n) is 12.5. The third-order valence-electron chi connectivity index (χ3n) is 3.79. The van der Waals surface area contributed by atoms with Gasteiger partial charge in [-0.05, 0) is 23.8 Å². The van der Waals surface area contributed by atoms with E-state index in [0.29, 0.717) is 17.1 Å². The average molecular weight is 316 g/mol. The van der Waals surface area contributed by atoms with Gasteiger partial charge in [0, 0.05) is 17.5 Å². The standard InChI is InChI=1S/C17H16O6/c1-21-17(20)7-12(10-2-4-11(18)5-3-10)13-6-15-16(8-14(13)19)23-9-22-15/h2-6,8,12,18-19H,7,9H2,1H3. The Bertz CT molecular complexity index is 723. The van der Waals surface area contributed by atoms with Gasteiger partial charge in [-0.2, -0.15) is 0 Å². The van der Waals surface area contributed by atoms with Crippen LogP contribution in [0.3, 0.4) is 0 Å². The van der Waals surface area contributed by atoms with Crippen LogP contribution in [0.5, 0.6) is 23.0 Å². The Labute approximate surface area is 132 Å². The molecule has 0 saturated heterocycles. The van der Waals surface area contributed by atoms with Gasteiger partial charge >= 0.3 is 5.97 Å². The van der Waals surface area contributed by atoms with Gasteiger partial charge in [0.05, 0.1) is 13.5 Å². The summed E-state index contributed by atoms with van der Waals surface area (Å²) in [4.78, 5) is 11.8. The quantitative estimate of drug-likeness (QED) is 0.843. The molecule has 1 aliphatic heterocycles. The number of phenols is 2. The molecule has 0 radical (unpaired) electrons.